The van der Waals surface area contributed by atoms with E-state index >= 15 is 0 Å². The highest BCUT2D eigenvalue weighted by Crippen LogP contribution is 2.47. The number of benzene rings is 3. The summed E-state index contributed by atoms with van der Waals surface area (Å²) in [5.41, 5.74) is 1.57. The summed E-state index contributed by atoms with van der Waals surface area (Å²) in [6.07, 6.45) is 0.880. The second-order valence-electron chi connectivity index (χ2n) is 8.51. The van der Waals surface area contributed by atoms with Gasteiger partial charge in [0.2, 0.25) is 21.8 Å². The van der Waals surface area contributed by atoms with Crippen molar-refractivity contribution in [1.29, 1.82) is 0 Å². The molecule has 0 aromatic heterocycles. The van der Waals surface area contributed by atoms with Gasteiger partial charge < -0.3 is 15.4 Å². The molecule has 1 aliphatic rings. The molecule has 0 aliphatic heterocycles. The van der Waals surface area contributed by atoms with Crippen LogP contribution >= 0.6 is 0 Å². The summed E-state index contributed by atoms with van der Waals surface area (Å²) < 4.78 is 32.9. The third-order valence-electron chi connectivity index (χ3n) is 6.00. The lowest BCUT2D eigenvalue weighted by Crippen LogP contribution is -2.35. The van der Waals surface area contributed by atoms with Crippen LogP contribution in [0.3, 0.4) is 0 Å². The van der Waals surface area contributed by atoms with E-state index in [1.165, 1.54) is 24.3 Å². The maximum absolute atomic E-state index is 12.9. The van der Waals surface area contributed by atoms with Crippen LogP contribution in [0.25, 0.3) is 0 Å². The van der Waals surface area contributed by atoms with Crippen LogP contribution in [0.5, 0.6) is 5.75 Å². The number of carbonyl (C=O) groups excluding carboxylic acids is 2. The molecule has 0 heterocycles. The molecule has 9 heteroatoms. The first-order valence-electron chi connectivity index (χ1n) is 11.1. The minimum atomic E-state index is -3.71. The first-order valence-corrected chi connectivity index (χ1v) is 12.6. The van der Waals surface area contributed by atoms with Crippen molar-refractivity contribution in [2.24, 2.45) is 5.41 Å². The summed E-state index contributed by atoms with van der Waals surface area (Å²) in [7, 11) is -2.14. The van der Waals surface area contributed by atoms with Crippen molar-refractivity contribution >= 4 is 33.2 Å². The Labute approximate surface area is 204 Å². The van der Waals surface area contributed by atoms with Crippen molar-refractivity contribution in [2.45, 2.75) is 31.2 Å². The topological polar surface area (TPSA) is 114 Å². The number of aryl methyl sites for hydroxylation is 1. The number of ether oxygens (including phenoxy) is 1. The quantitative estimate of drug-likeness (QED) is 0.392. The number of hydrogen-bond acceptors (Lipinski definition) is 5. The Bertz CT molecular complexity index is 1340. The Morgan fingerprint density at radius 2 is 1.49 bits per heavy atom. The lowest BCUT2D eigenvalue weighted by molar-refractivity contribution is -0.131. The molecule has 0 radical (unpaired) electrons. The van der Waals surface area contributed by atoms with Crippen molar-refractivity contribution < 1.29 is 22.7 Å². The van der Waals surface area contributed by atoms with Crippen LogP contribution in [0.2, 0.25) is 0 Å². The van der Waals surface area contributed by atoms with Gasteiger partial charge in [-0.25, -0.2) is 13.1 Å². The third-order valence-corrected chi connectivity index (χ3v) is 7.42. The molecule has 2 amide bonds. The van der Waals surface area contributed by atoms with E-state index in [9.17, 15) is 18.0 Å². The molecule has 1 fully saturated rings. The average molecular weight is 494 g/mol. The van der Waals surface area contributed by atoms with E-state index in [-0.39, 0.29) is 17.3 Å². The maximum atomic E-state index is 12.9. The minimum absolute atomic E-state index is 0.0835. The molecule has 8 nitrogen and oxygen atoms in total. The first-order chi connectivity index (χ1) is 16.7. The molecular formula is C26H27N3O5S. The molecule has 0 spiro atoms. The fraction of sp³-hybridized carbons (Fsp3) is 0.231. The van der Waals surface area contributed by atoms with Crippen LogP contribution in [0.4, 0.5) is 11.4 Å². The zero-order valence-electron chi connectivity index (χ0n) is 19.5. The highest BCUT2D eigenvalue weighted by atomic mass is 32.2. The largest absolute Gasteiger partial charge is 0.496 e. The first kappa shape index (κ1) is 24.4. The standard InChI is InChI=1S/C26H27N3O5S/c1-18-16-21(10-13-23(18)34-2)29-25(31)26(14-15-26)24(30)28-20-8-11-22(12-9-20)35(32,33)27-17-19-6-4-3-5-7-19/h3-13,16,27H,14-15,17H2,1-2H3,(H,28,30)(H,29,31). The van der Waals surface area contributed by atoms with Crippen LogP contribution in [-0.4, -0.2) is 27.3 Å². The molecule has 0 saturated heterocycles. The van der Waals surface area contributed by atoms with Crippen molar-refractivity contribution in [3.8, 4) is 5.75 Å². The Morgan fingerprint density at radius 3 is 2.06 bits per heavy atom. The average Bonchev–Trinajstić information content (AvgIpc) is 3.66. The number of amides is 2. The van der Waals surface area contributed by atoms with Gasteiger partial charge in [0.05, 0.1) is 12.0 Å². The van der Waals surface area contributed by atoms with E-state index in [2.05, 4.69) is 15.4 Å². The van der Waals surface area contributed by atoms with E-state index in [1.54, 1.807) is 25.3 Å². The highest BCUT2D eigenvalue weighted by Gasteiger charge is 2.56. The van der Waals surface area contributed by atoms with Gasteiger partial charge in [-0.15, -0.1) is 0 Å². The zero-order chi connectivity index (χ0) is 25.1. The molecule has 0 atom stereocenters. The van der Waals surface area contributed by atoms with Crippen molar-refractivity contribution in [3.63, 3.8) is 0 Å². The number of anilines is 2. The van der Waals surface area contributed by atoms with Crippen molar-refractivity contribution in [2.75, 3.05) is 17.7 Å². The Balaban J connectivity index is 1.37. The summed E-state index contributed by atoms with van der Waals surface area (Å²) in [5.74, 6) is -0.0791. The van der Waals surface area contributed by atoms with E-state index < -0.39 is 21.3 Å². The predicted octanol–water partition coefficient (Wildman–Crippen LogP) is 3.84. The summed E-state index contributed by atoms with van der Waals surface area (Å²) in [6, 6.07) is 20.3. The second kappa shape index (κ2) is 9.89. The predicted molar refractivity (Wildman–Crippen MR) is 134 cm³/mol. The van der Waals surface area contributed by atoms with Crippen LogP contribution in [-0.2, 0) is 26.2 Å². The molecular weight excluding hydrogens is 466 g/mol. The van der Waals surface area contributed by atoms with Gasteiger partial charge in [0.15, 0.2) is 0 Å². The van der Waals surface area contributed by atoms with Gasteiger partial charge in [0, 0.05) is 17.9 Å². The molecule has 3 aromatic rings. The summed E-state index contributed by atoms with van der Waals surface area (Å²) in [5, 5.41) is 5.56. The molecule has 4 rings (SSSR count). The molecule has 0 unspecified atom stereocenters. The minimum Gasteiger partial charge on any atom is -0.496 e. The fourth-order valence-corrected chi connectivity index (χ4v) is 4.73. The van der Waals surface area contributed by atoms with Crippen LogP contribution in [0.1, 0.15) is 24.0 Å². The summed E-state index contributed by atoms with van der Waals surface area (Å²) >= 11 is 0. The number of carbonyl (C=O) groups is 2. The maximum Gasteiger partial charge on any atom is 0.240 e. The Morgan fingerprint density at radius 1 is 0.886 bits per heavy atom. The van der Waals surface area contributed by atoms with Crippen molar-refractivity contribution in [3.05, 3.63) is 83.9 Å². The number of methoxy groups -OCH3 is 1. The molecule has 3 aromatic carbocycles. The molecule has 35 heavy (non-hydrogen) atoms. The molecule has 0 bridgehead atoms. The third kappa shape index (κ3) is 5.52. The monoisotopic (exact) mass is 493 g/mol. The van der Waals surface area contributed by atoms with Gasteiger partial charge in [-0.3, -0.25) is 9.59 Å². The highest BCUT2D eigenvalue weighted by molar-refractivity contribution is 7.89. The second-order valence-corrected chi connectivity index (χ2v) is 10.3. The van der Waals surface area contributed by atoms with Crippen LogP contribution in [0.15, 0.2) is 77.7 Å². The van der Waals surface area contributed by atoms with E-state index in [0.717, 1.165) is 11.1 Å². The fourth-order valence-electron chi connectivity index (χ4n) is 3.71. The normalized spacial score (nSPS) is 14.1. The van der Waals surface area contributed by atoms with Gasteiger partial charge >= 0.3 is 0 Å². The molecule has 1 saturated carbocycles. The Kier molecular flexibility index (Phi) is 6.90. The van der Waals surface area contributed by atoms with E-state index in [1.807, 2.05) is 37.3 Å². The molecule has 3 N–H and O–H groups in total. The van der Waals surface area contributed by atoms with Gasteiger partial charge in [0.1, 0.15) is 11.2 Å². The summed E-state index contributed by atoms with van der Waals surface area (Å²) in [6.45, 7) is 2.04. The van der Waals surface area contributed by atoms with Gasteiger partial charge in [-0.1, -0.05) is 30.3 Å². The smallest absolute Gasteiger partial charge is 0.240 e. The molecule has 1 aliphatic carbocycles. The summed E-state index contributed by atoms with van der Waals surface area (Å²) in [4.78, 5) is 25.9. The van der Waals surface area contributed by atoms with Crippen molar-refractivity contribution in [1.82, 2.24) is 4.72 Å². The number of sulfonamides is 1. The molecule has 182 valence electrons. The lowest BCUT2D eigenvalue weighted by Gasteiger charge is -2.16. The van der Waals surface area contributed by atoms with Gasteiger partial charge in [-0.2, -0.15) is 0 Å². The van der Waals surface area contributed by atoms with Crippen LogP contribution < -0.4 is 20.1 Å². The SMILES string of the molecule is COc1ccc(NC(=O)C2(C(=O)Nc3ccc(S(=O)(=O)NCc4ccccc4)cc3)CC2)cc1C. The van der Waals surface area contributed by atoms with Crippen LogP contribution in [0, 0.1) is 12.3 Å². The van der Waals surface area contributed by atoms with Gasteiger partial charge in [-0.05, 0) is 73.4 Å². The van der Waals surface area contributed by atoms with E-state index in [0.29, 0.717) is 30.0 Å². The zero-order valence-corrected chi connectivity index (χ0v) is 20.3. The number of nitrogens with one attached hydrogen (secondary N) is 3. The Hall–Kier alpha value is -3.69. The number of rotatable bonds is 9. The van der Waals surface area contributed by atoms with Gasteiger partial charge in [0.25, 0.3) is 0 Å². The van der Waals surface area contributed by atoms with E-state index in [4.69, 9.17) is 4.74 Å². The lowest BCUT2D eigenvalue weighted by atomic mass is 10.0. The number of hydrogen-bond donors (Lipinski definition) is 3.